The standard InChI is InChI=1S/C17H22Cl2N2O4/c1-25-9-12(8-22)20-6-11-4-10(5-21(11)15(24)7-20)16-14(23)3-2-13(18)17(16)19/h2-3,10-12,22-23H,4-9H2,1H3/t10-,11-,12-/m0/s1. The lowest BCUT2D eigenvalue weighted by Crippen LogP contribution is -2.58. The predicted molar refractivity (Wildman–Crippen MR) is 95.3 cm³/mol. The normalized spacial score (nSPS) is 25.3. The molecule has 0 spiro atoms. The van der Waals surface area contributed by atoms with E-state index in [1.165, 1.54) is 6.07 Å². The zero-order valence-corrected chi connectivity index (χ0v) is 15.5. The molecule has 1 amide bonds. The van der Waals surface area contributed by atoms with Crippen LogP contribution in [0, 0.1) is 0 Å². The first-order valence-corrected chi connectivity index (χ1v) is 9.02. The van der Waals surface area contributed by atoms with Crippen LogP contribution in [0.15, 0.2) is 12.1 Å². The van der Waals surface area contributed by atoms with Gasteiger partial charge in [0.15, 0.2) is 0 Å². The van der Waals surface area contributed by atoms with Gasteiger partial charge in [0.1, 0.15) is 5.75 Å². The van der Waals surface area contributed by atoms with Gasteiger partial charge in [0.25, 0.3) is 0 Å². The number of fused-ring (bicyclic) bond motifs is 1. The monoisotopic (exact) mass is 388 g/mol. The molecular weight excluding hydrogens is 367 g/mol. The molecule has 3 rings (SSSR count). The second-order valence-corrected chi connectivity index (χ2v) is 7.43. The van der Waals surface area contributed by atoms with Crippen LogP contribution >= 0.6 is 23.2 Å². The summed E-state index contributed by atoms with van der Waals surface area (Å²) in [7, 11) is 1.58. The molecule has 2 aliphatic heterocycles. The Balaban J connectivity index is 1.79. The molecule has 1 aromatic carbocycles. The van der Waals surface area contributed by atoms with E-state index < -0.39 is 0 Å². The summed E-state index contributed by atoms with van der Waals surface area (Å²) >= 11 is 12.4. The van der Waals surface area contributed by atoms with Gasteiger partial charge in [-0.25, -0.2) is 0 Å². The zero-order valence-electron chi connectivity index (χ0n) is 14.0. The Morgan fingerprint density at radius 1 is 1.36 bits per heavy atom. The van der Waals surface area contributed by atoms with Gasteiger partial charge < -0.3 is 19.8 Å². The summed E-state index contributed by atoms with van der Waals surface area (Å²) < 4.78 is 5.14. The Morgan fingerprint density at radius 2 is 2.12 bits per heavy atom. The lowest BCUT2D eigenvalue weighted by molar-refractivity contribution is -0.139. The first-order chi connectivity index (χ1) is 12.0. The van der Waals surface area contributed by atoms with Crippen molar-refractivity contribution < 1.29 is 19.7 Å². The van der Waals surface area contributed by atoms with E-state index in [2.05, 4.69) is 0 Å². The Labute approximate surface area is 156 Å². The number of amides is 1. The van der Waals surface area contributed by atoms with E-state index in [4.69, 9.17) is 27.9 Å². The number of phenols is 1. The molecule has 2 aliphatic rings. The van der Waals surface area contributed by atoms with Gasteiger partial charge in [0, 0.05) is 37.7 Å². The number of carbonyl (C=O) groups is 1. The minimum atomic E-state index is -0.196. The number of aromatic hydroxyl groups is 1. The number of benzene rings is 1. The summed E-state index contributed by atoms with van der Waals surface area (Å²) in [5, 5.41) is 20.5. The molecule has 2 saturated heterocycles. The van der Waals surface area contributed by atoms with Crippen molar-refractivity contribution in [2.75, 3.05) is 40.0 Å². The Morgan fingerprint density at radius 3 is 2.80 bits per heavy atom. The van der Waals surface area contributed by atoms with Crippen LogP contribution < -0.4 is 0 Å². The third kappa shape index (κ3) is 3.59. The van der Waals surface area contributed by atoms with Gasteiger partial charge in [-0.2, -0.15) is 0 Å². The fourth-order valence-electron chi connectivity index (χ4n) is 3.89. The summed E-state index contributed by atoms with van der Waals surface area (Å²) in [5.74, 6) is 0.0669. The number of hydrogen-bond donors (Lipinski definition) is 2. The smallest absolute Gasteiger partial charge is 0.237 e. The van der Waals surface area contributed by atoms with Crippen molar-refractivity contribution in [3.63, 3.8) is 0 Å². The fourth-order valence-corrected chi connectivity index (χ4v) is 4.37. The van der Waals surface area contributed by atoms with Crippen molar-refractivity contribution >= 4 is 29.1 Å². The van der Waals surface area contributed by atoms with Crippen molar-refractivity contribution in [3.8, 4) is 5.75 Å². The number of aliphatic hydroxyl groups excluding tert-OH is 1. The topological polar surface area (TPSA) is 73.2 Å². The van der Waals surface area contributed by atoms with Crippen molar-refractivity contribution in [1.82, 2.24) is 9.80 Å². The van der Waals surface area contributed by atoms with E-state index >= 15 is 0 Å². The molecule has 8 heteroatoms. The quantitative estimate of drug-likeness (QED) is 0.802. The minimum absolute atomic E-state index is 0.0194. The van der Waals surface area contributed by atoms with E-state index in [1.807, 2.05) is 9.80 Å². The van der Waals surface area contributed by atoms with Gasteiger partial charge in [0.2, 0.25) is 5.91 Å². The molecule has 25 heavy (non-hydrogen) atoms. The molecule has 0 aliphatic carbocycles. The number of piperazine rings is 1. The summed E-state index contributed by atoms with van der Waals surface area (Å²) in [6, 6.07) is 2.93. The molecule has 6 nitrogen and oxygen atoms in total. The molecule has 138 valence electrons. The molecule has 0 unspecified atom stereocenters. The van der Waals surface area contributed by atoms with Crippen LogP contribution in [-0.2, 0) is 9.53 Å². The number of nitrogens with zero attached hydrogens (tertiary/aromatic N) is 2. The molecule has 3 atom stereocenters. The largest absolute Gasteiger partial charge is 0.508 e. The molecule has 2 N–H and O–H groups in total. The van der Waals surface area contributed by atoms with Crippen LogP contribution in [0.25, 0.3) is 0 Å². The van der Waals surface area contributed by atoms with Crippen LogP contribution in [0.3, 0.4) is 0 Å². The molecular formula is C17H22Cl2N2O4. The average molecular weight is 389 g/mol. The summed E-state index contributed by atoms with van der Waals surface area (Å²) in [6.07, 6.45) is 0.695. The number of ether oxygens (including phenoxy) is 1. The van der Waals surface area contributed by atoms with Crippen LogP contribution in [0.2, 0.25) is 10.0 Å². The molecule has 0 bridgehead atoms. The SMILES string of the molecule is COC[C@H](CO)N1CC(=O)N2C[C@@H](c3c(O)ccc(Cl)c3Cl)C[C@H]2C1. The van der Waals surface area contributed by atoms with Crippen molar-refractivity contribution in [1.29, 1.82) is 0 Å². The highest BCUT2D eigenvalue weighted by molar-refractivity contribution is 6.42. The number of phenolic OH excluding ortho intramolecular Hbond substituents is 1. The number of methoxy groups -OCH3 is 1. The highest BCUT2D eigenvalue weighted by atomic mass is 35.5. The maximum Gasteiger partial charge on any atom is 0.237 e. The molecule has 2 fully saturated rings. The molecule has 0 saturated carbocycles. The fraction of sp³-hybridized carbons (Fsp3) is 0.588. The van der Waals surface area contributed by atoms with E-state index in [1.54, 1.807) is 13.2 Å². The minimum Gasteiger partial charge on any atom is -0.508 e. The van der Waals surface area contributed by atoms with Gasteiger partial charge in [-0.3, -0.25) is 9.69 Å². The maximum absolute atomic E-state index is 12.6. The van der Waals surface area contributed by atoms with Crippen LogP contribution in [0.1, 0.15) is 17.9 Å². The Kier molecular flexibility index (Phi) is 5.75. The van der Waals surface area contributed by atoms with Crippen molar-refractivity contribution in [2.45, 2.75) is 24.4 Å². The summed E-state index contributed by atoms with van der Waals surface area (Å²) in [6.45, 7) is 1.75. The number of carbonyl (C=O) groups excluding carboxylic acids is 1. The lowest BCUT2D eigenvalue weighted by atomic mass is 9.95. The molecule has 0 radical (unpaired) electrons. The summed E-state index contributed by atoms with van der Waals surface area (Å²) in [4.78, 5) is 16.4. The molecule has 1 aromatic rings. The van der Waals surface area contributed by atoms with E-state index in [-0.39, 0.29) is 42.8 Å². The lowest BCUT2D eigenvalue weighted by Gasteiger charge is -2.40. The van der Waals surface area contributed by atoms with Gasteiger partial charge in [-0.15, -0.1) is 0 Å². The molecule has 2 heterocycles. The van der Waals surface area contributed by atoms with Crippen molar-refractivity contribution in [2.24, 2.45) is 0 Å². The third-order valence-electron chi connectivity index (χ3n) is 5.12. The Bertz CT molecular complexity index is 658. The second-order valence-electron chi connectivity index (χ2n) is 6.65. The Hall–Kier alpha value is -1.05. The number of aliphatic hydroxyl groups is 1. The van der Waals surface area contributed by atoms with Gasteiger partial charge in [-0.05, 0) is 18.6 Å². The third-order valence-corrected chi connectivity index (χ3v) is 5.94. The van der Waals surface area contributed by atoms with E-state index in [0.29, 0.717) is 41.7 Å². The average Bonchev–Trinajstić information content (AvgIpc) is 3.00. The molecule has 0 aromatic heterocycles. The van der Waals surface area contributed by atoms with Crippen LogP contribution in [0.5, 0.6) is 5.75 Å². The maximum atomic E-state index is 12.6. The van der Waals surface area contributed by atoms with Crippen LogP contribution in [0.4, 0.5) is 0 Å². The van der Waals surface area contributed by atoms with E-state index in [9.17, 15) is 15.0 Å². The van der Waals surface area contributed by atoms with Crippen LogP contribution in [-0.4, -0.2) is 78.0 Å². The summed E-state index contributed by atoms with van der Waals surface area (Å²) in [5.41, 5.74) is 0.610. The highest BCUT2D eigenvalue weighted by Crippen LogP contribution is 2.43. The highest BCUT2D eigenvalue weighted by Gasteiger charge is 2.43. The first-order valence-electron chi connectivity index (χ1n) is 8.26. The second kappa shape index (κ2) is 7.68. The van der Waals surface area contributed by atoms with E-state index in [0.717, 1.165) is 0 Å². The number of rotatable bonds is 5. The van der Waals surface area contributed by atoms with Gasteiger partial charge >= 0.3 is 0 Å². The zero-order chi connectivity index (χ0) is 18.1. The predicted octanol–water partition coefficient (Wildman–Crippen LogP) is 1.71. The number of hydrogen-bond acceptors (Lipinski definition) is 5. The first kappa shape index (κ1) is 18.7. The van der Waals surface area contributed by atoms with Crippen molar-refractivity contribution in [3.05, 3.63) is 27.7 Å². The number of halogens is 2. The van der Waals surface area contributed by atoms with Gasteiger partial charge in [0.05, 0.1) is 35.8 Å². The van der Waals surface area contributed by atoms with Gasteiger partial charge in [-0.1, -0.05) is 23.2 Å².